The lowest BCUT2D eigenvalue weighted by Crippen LogP contribution is -2.15. The van der Waals surface area contributed by atoms with E-state index in [-0.39, 0.29) is 11.3 Å². The largest absolute Gasteiger partial charge is 0.375 e. The van der Waals surface area contributed by atoms with Gasteiger partial charge < -0.3 is 10.2 Å². The van der Waals surface area contributed by atoms with Crippen LogP contribution in [0.15, 0.2) is 53.3 Å². The van der Waals surface area contributed by atoms with Gasteiger partial charge in [-0.15, -0.1) is 0 Å². The predicted molar refractivity (Wildman–Crippen MR) is 99.8 cm³/mol. The fraction of sp³-hybridized carbons (Fsp3) is 0.158. The minimum absolute atomic E-state index is 0.0904. The molecular weight excluding hydrogens is 335 g/mol. The fourth-order valence-electron chi connectivity index (χ4n) is 2.54. The number of hydrogen-bond donors (Lipinski definition) is 2. The van der Waals surface area contributed by atoms with E-state index in [1.54, 1.807) is 43.3 Å². The van der Waals surface area contributed by atoms with E-state index in [0.717, 1.165) is 5.56 Å². The van der Waals surface area contributed by atoms with Crippen LogP contribution < -0.4 is 15.8 Å². The first-order valence-electron chi connectivity index (χ1n) is 8.02. The molecule has 0 spiro atoms. The second-order valence-electron chi connectivity index (χ2n) is 6.19. The lowest BCUT2D eigenvalue weighted by molar-refractivity contribution is 0.102. The van der Waals surface area contributed by atoms with Crippen molar-refractivity contribution >= 4 is 17.3 Å². The summed E-state index contributed by atoms with van der Waals surface area (Å²) in [6, 6.07) is 12.9. The van der Waals surface area contributed by atoms with Crippen molar-refractivity contribution in [3.8, 4) is 5.69 Å². The number of nitrogens with one attached hydrogen (secondary N) is 2. The summed E-state index contributed by atoms with van der Waals surface area (Å²) in [5.41, 5.74) is 2.15. The van der Waals surface area contributed by atoms with Crippen LogP contribution in [0.25, 0.3) is 5.69 Å². The molecule has 3 aromatic rings. The van der Waals surface area contributed by atoms with Crippen LogP contribution in [0.2, 0.25) is 0 Å². The molecule has 6 nitrogen and oxygen atoms in total. The number of halogens is 1. The molecule has 26 heavy (non-hydrogen) atoms. The first kappa shape index (κ1) is 17.5. The summed E-state index contributed by atoms with van der Waals surface area (Å²) in [6.45, 7) is 1.95. The summed E-state index contributed by atoms with van der Waals surface area (Å²) in [5, 5.41) is 5.36. The minimum atomic E-state index is -0.523. The van der Waals surface area contributed by atoms with Crippen LogP contribution in [-0.2, 0) is 0 Å². The monoisotopic (exact) mass is 354 g/mol. The number of carbonyl (C=O) groups excluding carboxylic acids is 1. The van der Waals surface area contributed by atoms with Crippen LogP contribution >= 0.6 is 0 Å². The summed E-state index contributed by atoms with van der Waals surface area (Å²) in [5.74, 6) is -0.969. The van der Waals surface area contributed by atoms with E-state index in [9.17, 15) is 14.0 Å². The van der Waals surface area contributed by atoms with E-state index < -0.39 is 11.7 Å². The summed E-state index contributed by atoms with van der Waals surface area (Å²) in [7, 11) is 3.46. The summed E-state index contributed by atoms with van der Waals surface area (Å²) < 4.78 is 15.3. The molecule has 3 rings (SSSR count). The van der Waals surface area contributed by atoms with Gasteiger partial charge in [0, 0.05) is 25.8 Å². The van der Waals surface area contributed by atoms with Gasteiger partial charge >= 0.3 is 0 Å². The molecule has 0 aliphatic heterocycles. The van der Waals surface area contributed by atoms with Crippen molar-refractivity contribution in [1.29, 1.82) is 0 Å². The van der Waals surface area contributed by atoms with Crippen molar-refractivity contribution in [2.24, 2.45) is 0 Å². The molecule has 0 fully saturated rings. The Morgan fingerprint density at radius 2 is 1.81 bits per heavy atom. The van der Waals surface area contributed by atoms with Gasteiger partial charge in [0.1, 0.15) is 11.5 Å². The zero-order valence-electron chi connectivity index (χ0n) is 14.7. The molecule has 0 aliphatic carbocycles. The van der Waals surface area contributed by atoms with Gasteiger partial charge in [0.15, 0.2) is 0 Å². The Morgan fingerprint density at radius 1 is 1.12 bits per heavy atom. The number of rotatable bonds is 4. The van der Waals surface area contributed by atoms with Gasteiger partial charge in [-0.1, -0.05) is 17.7 Å². The zero-order valence-corrected chi connectivity index (χ0v) is 14.7. The standard InChI is InChI=1S/C19H19FN4O2/c1-12-4-7-14(8-5-12)24-18(25)11-16(22-24)19(26)21-13-6-9-17(23(2)3)15(20)10-13/h4-11,22H,1-3H3,(H,21,26). The Bertz CT molecular complexity index is 1000. The summed E-state index contributed by atoms with van der Waals surface area (Å²) >= 11 is 0. The van der Waals surface area contributed by atoms with E-state index >= 15 is 0 Å². The molecule has 0 saturated carbocycles. The SMILES string of the molecule is Cc1ccc(-n2[nH]c(C(=O)Nc3ccc(N(C)C)c(F)c3)cc2=O)cc1. The quantitative estimate of drug-likeness (QED) is 0.757. The molecular formula is C19H19FN4O2. The molecule has 2 N–H and O–H groups in total. The average Bonchev–Trinajstić information content (AvgIpc) is 2.97. The number of anilines is 2. The molecule has 1 amide bonds. The fourth-order valence-corrected chi connectivity index (χ4v) is 2.54. The van der Waals surface area contributed by atoms with Crippen LogP contribution in [0.4, 0.5) is 15.8 Å². The Hall–Kier alpha value is -3.35. The van der Waals surface area contributed by atoms with Gasteiger partial charge in [-0.2, -0.15) is 0 Å². The van der Waals surface area contributed by atoms with E-state index in [1.165, 1.54) is 16.8 Å². The maximum Gasteiger partial charge on any atom is 0.273 e. The van der Waals surface area contributed by atoms with Gasteiger partial charge in [0.2, 0.25) is 0 Å². The number of H-pyrrole nitrogens is 1. The van der Waals surface area contributed by atoms with Crippen molar-refractivity contribution in [3.05, 3.63) is 76.0 Å². The maximum absolute atomic E-state index is 14.0. The van der Waals surface area contributed by atoms with E-state index in [4.69, 9.17) is 0 Å². The number of amides is 1. The normalized spacial score (nSPS) is 10.6. The number of nitrogens with zero attached hydrogens (tertiary/aromatic N) is 2. The van der Waals surface area contributed by atoms with E-state index in [2.05, 4.69) is 10.4 Å². The van der Waals surface area contributed by atoms with Crippen molar-refractivity contribution in [1.82, 2.24) is 9.78 Å². The van der Waals surface area contributed by atoms with Crippen LogP contribution in [0.3, 0.4) is 0 Å². The Morgan fingerprint density at radius 3 is 2.42 bits per heavy atom. The van der Waals surface area contributed by atoms with Gasteiger partial charge in [0.05, 0.1) is 11.4 Å². The minimum Gasteiger partial charge on any atom is -0.375 e. The highest BCUT2D eigenvalue weighted by atomic mass is 19.1. The molecule has 2 aromatic carbocycles. The smallest absolute Gasteiger partial charge is 0.273 e. The van der Waals surface area contributed by atoms with Crippen molar-refractivity contribution in [3.63, 3.8) is 0 Å². The third kappa shape index (κ3) is 3.51. The number of aromatic nitrogens is 2. The third-order valence-corrected chi connectivity index (χ3v) is 3.94. The third-order valence-electron chi connectivity index (χ3n) is 3.94. The Labute approximate surface area is 149 Å². The summed E-state index contributed by atoms with van der Waals surface area (Å²) in [6.07, 6.45) is 0. The molecule has 1 heterocycles. The van der Waals surface area contributed by atoms with Gasteiger partial charge in [0.25, 0.3) is 11.5 Å². The maximum atomic E-state index is 14.0. The topological polar surface area (TPSA) is 70.1 Å². The Kier molecular flexibility index (Phi) is 4.62. The number of aromatic amines is 1. The van der Waals surface area contributed by atoms with Gasteiger partial charge in [-0.05, 0) is 37.3 Å². The van der Waals surface area contributed by atoms with Crippen molar-refractivity contribution in [2.75, 3.05) is 24.3 Å². The molecule has 0 aliphatic rings. The van der Waals surface area contributed by atoms with Gasteiger partial charge in [-0.25, -0.2) is 9.07 Å². The zero-order chi connectivity index (χ0) is 18.8. The highest BCUT2D eigenvalue weighted by Gasteiger charge is 2.14. The number of aryl methyl sites for hydroxylation is 1. The van der Waals surface area contributed by atoms with Crippen LogP contribution in [0.5, 0.6) is 0 Å². The molecule has 134 valence electrons. The highest BCUT2D eigenvalue weighted by Crippen LogP contribution is 2.21. The van der Waals surface area contributed by atoms with Crippen molar-refractivity contribution < 1.29 is 9.18 Å². The highest BCUT2D eigenvalue weighted by molar-refractivity contribution is 6.02. The molecule has 1 aromatic heterocycles. The predicted octanol–water partition coefficient (Wildman–Crippen LogP) is 2.93. The van der Waals surface area contributed by atoms with Crippen LogP contribution in [0.1, 0.15) is 16.1 Å². The summed E-state index contributed by atoms with van der Waals surface area (Å²) in [4.78, 5) is 26.1. The number of carbonyl (C=O) groups is 1. The van der Waals surface area contributed by atoms with Crippen LogP contribution in [0, 0.1) is 12.7 Å². The molecule has 0 unspecified atom stereocenters. The molecule has 0 radical (unpaired) electrons. The van der Waals surface area contributed by atoms with Crippen LogP contribution in [-0.4, -0.2) is 29.8 Å². The first-order valence-corrected chi connectivity index (χ1v) is 8.02. The Balaban J connectivity index is 1.83. The van der Waals surface area contributed by atoms with Gasteiger partial charge in [-0.3, -0.25) is 14.7 Å². The van der Waals surface area contributed by atoms with E-state index in [1.807, 2.05) is 19.1 Å². The number of benzene rings is 2. The van der Waals surface area contributed by atoms with Crippen molar-refractivity contribution in [2.45, 2.75) is 6.92 Å². The second kappa shape index (κ2) is 6.87. The second-order valence-corrected chi connectivity index (χ2v) is 6.19. The van der Waals surface area contributed by atoms with E-state index in [0.29, 0.717) is 17.1 Å². The molecule has 0 bridgehead atoms. The lowest BCUT2D eigenvalue weighted by atomic mass is 10.2. The average molecular weight is 354 g/mol. The molecule has 7 heteroatoms. The molecule has 0 saturated heterocycles. The lowest BCUT2D eigenvalue weighted by Gasteiger charge is -2.14. The first-order chi connectivity index (χ1) is 12.3. The number of hydrogen-bond acceptors (Lipinski definition) is 3. The molecule has 0 atom stereocenters.